The molecule has 2 aliphatic rings. The molecule has 1 saturated heterocycles. The highest BCUT2D eigenvalue weighted by molar-refractivity contribution is 5.91. The van der Waals surface area contributed by atoms with Gasteiger partial charge in [-0.3, -0.25) is 14.9 Å². The number of ether oxygens (including phenoxy) is 1. The Morgan fingerprint density at radius 3 is 2.59 bits per heavy atom. The second-order valence-electron chi connectivity index (χ2n) is 10.7. The molecule has 0 radical (unpaired) electrons. The van der Waals surface area contributed by atoms with Crippen molar-refractivity contribution in [2.75, 3.05) is 38.5 Å². The van der Waals surface area contributed by atoms with Crippen molar-refractivity contribution in [2.24, 2.45) is 11.3 Å². The van der Waals surface area contributed by atoms with Gasteiger partial charge in [-0.2, -0.15) is 0 Å². The Labute approximate surface area is 229 Å². The number of unbranched alkanes of at least 4 members (excludes halogenated alkanes) is 1. The van der Waals surface area contributed by atoms with Gasteiger partial charge in [-0.15, -0.1) is 0 Å². The fraction of sp³-hybridized carbons (Fsp3) is 0.467. The van der Waals surface area contributed by atoms with Gasteiger partial charge < -0.3 is 25.1 Å². The monoisotopic (exact) mass is 534 g/mol. The van der Waals surface area contributed by atoms with Crippen molar-refractivity contribution in [1.29, 1.82) is 5.41 Å². The van der Waals surface area contributed by atoms with Crippen LogP contribution >= 0.6 is 0 Å². The quantitative estimate of drug-likeness (QED) is 0.267. The maximum Gasteiger partial charge on any atom is 0.411 e. The maximum atomic E-state index is 12.8. The van der Waals surface area contributed by atoms with Crippen LogP contribution in [0.2, 0.25) is 0 Å². The molecule has 4 rings (SSSR count). The lowest BCUT2D eigenvalue weighted by atomic mass is 9.82. The normalized spacial score (nSPS) is 22.2. The van der Waals surface area contributed by atoms with E-state index >= 15 is 0 Å². The van der Waals surface area contributed by atoms with E-state index in [1.54, 1.807) is 11.9 Å². The summed E-state index contributed by atoms with van der Waals surface area (Å²) in [4.78, 5) is 39.9. The molecule has 3 atom stereocenters. The summed E-state index contributed by atoms with van der Waals surface area (Å²) in [6.07, 6.45) is 3.79. The van der Waals surface area contributed by atoms with Gasteiger partial charge in [-0.1, -0.05) is 48.5 Å². The second kappa shape index (κ2) is 12.9. The number of aliphatic carboxylic acids is 1. The minimum Gasteiger partial charge on any atom is -0.481 e. The highest BCUT2D eigenvalue weighted by Gasteiger charge is 2.52. The van der Waals surface area contributed by atoms with Crippen LogP contribution in [0.3, 0.4) is 0 Å². The van der Waals surface area contributed by atoms with E-state index in [4.69, 9.17) is 15.3 Å². The van der Waals surface area contributed by atoms with Crippen LogP contribution < -0.4 is 5.32 Å². The fourth-order valence-electron chi connectivity index (χ4n) is 5.90. The number of benzene rings is 2. The Morgan fingerprint density at radius 1 is 1.13 bits per heavy atom. The summed E-state index contributed by atoms with van der Waals surface area (Å²) in [7, 11) is 1.76. The van der Waals surface area contributed by atoms with Crippen LogP contribution in [0, 0.1) is 16.7 Å². The third-order valence-corrected chi connectivity index (χ3v) is 7.98. The molecule has 0 bridgehead atoms. The first-order valence-corrected chi connectivity index (χ1v) is 13.6. The Morgan fingerprint density at radius 2 is 1.87 bits per heavy atom. The van der Waals surface area contributed by atoms with E-state index < -0.39 is 12.1 Å². The van der Waals surface area contributed by atoms with Gasteiger partial charge >= 0.3 is 12.1 Å². The van der Waals surface area contributed by atoms with Gasteiger partial charge in [0.05, 0.1) is 5.69 Å². The van der Waals surface area contributed by atoms with E-state index in [2.05, 4.69) is 10.2 Å². The molecule has 39 heavy (non-hydrogen) atoms. The number of anilines is 1. The lowest BCUT2D eigenvalue weighted by molar-refractivity contribution is -0.137. The first-order valence-electron chi connectivity index (χ1n) is 13.6. The third-order valence-electron chi connectivity index (χ3n) is 7.98. The molecule has 2 aromatic rings. The summed E-state index contributed by atoms with van der Waals surface area (Å²) in [5.41, 5.74) is 2.27. The third kappa shape index (κ3) is 7.23. The molecule has 2 fully saturated rings. The summed E-state index contributed by atoms with van der Waals surface area (Å²) in [5, 5.41) is 19.8. The number of hydrogen-bond donors (Lipinski definition) is 3. The summed E-state index contributed by atoms with van der Waals surface area (Å²) in [5.74, 6) is -0.571. The van der Waals surface area contributed by atoms with Crippen molar-refractivity contribution >= 4 is 29.9 Å². The first-order chi connectivity index (χ1) is 18.8. The van der Waals surface area contributed by atoms with Crippen molar-refractivity contribution in [3.63, 3.8) is 0 Å². The Balaban J connectivity index is 1.25. The van der Waals surface area contributed by atoms with Crippen molar-refractivity contribution in [3.05, 3.63) is 54.6 Å². The summed E-state index contributed by atoms with van der Waals surface area (Å²) < 4.78 is 5.83. The molecule has 208 valence electrons. The molecule has 9 nitrogen and oxygen atoms in total. The lowest BCUT2D eigenvalue weighted by Gasteiger charge is -2.25. The predicted molar refractivity (Wildman–Crippen MR) is 150 cm³/mol. The number of carboxylic acids is 1. The fourth-order valence-corrected chi connectivity index (χ4v) is 5.90. The number of hydrogen-bond acceptors (Lipinski definition) is 6. The van der Waals surface area contributed by atoms with E-state index in [0.29, 0.717) is 57.4 Å². The second-order valence-corrected chi connectivity index (χ2v) is 10.7. The highest BCUT2D eigenvalue weighted by Crippen LogP contribution is 2.48. The number of fused-ring (bicyclic) bond motifs is 1. The van der Waals surface area contributed by atoms with Gasteiger partial charge in [0.1, 0.15) is 6.10 Å². The smallest absolute Gasteiger partial charge is 0.411 e. The Bertz CT molecular complexity index is 1170. The van der Waals surface area contributed by atoms with E-state index in [1.165, 1.54) is 6.21 Å². The van der Waals surface area contributed by atoms with E-state index in [9.17, 15) is 14.4 Å². The minimum atomic E-state index is -0.814. The number of carbonyl (C=O) groups is 3. The molecule has 1 aliphatic carbocycles. The molecule has 0 aromatic heterocycles. The molecule has 1 saturated carbocycles. The van der Waals surface area contributed by atoms with Crippen molar-refractivity contribution in [1.82, 2.24) is 9.80 Å². The average Bonchev–Trinajstić information content (AvgIpc) is 3.43. The van der Waals surface area contributed by atoms with Crippen molar-refractivity contribution in [2.45, 2.75) is 44.6 Å². The zero-order chi connectivity index (χ0) is 27.8. The van der Waals surface area contributed by atoms with Crippen LogP contribution in [0.25, 0.3) is 11.1 Å². The number of rotatable bonds is 12. The van der Waals surface area contributed by atoms with E-state index in [1.807, 2.05) is 54.6 Å². The number of carboxylic acid groups (broad SMARTS) is 1. The molecule has 2 aromatic carbocycles. The molecule has 0 spiro atoms. The molecule has 9 heteroatoms. The number of carbonyl (C=O) groups excluding carboxylic acids is 2. The standard InChI is InChI=1S/C30H38N4O5/c1-33(15-8-7-13-28(36)37)27(35)14-16-34-19-23-17-24(18-30(23,20-31)21-34)39-29(38)32-26-12-6-5-11-25(26)22-9-3-2-4-10-22/h2-6,9-12,20,23-24,31H,7-8,13-19,21H2,1H3,(H,32,38)(H,36,37)/t23?,24-,30?/m0/s1. The van der Waals surface area contributed by atoms with Crippen LogP contribution in [-0.2, 0) is 14.3 Å². The Hall–Kier alpha value is -3.72. The minimum absolute atomic E-state index is 0.0416. The van der Waals surface area contributed by atoms with Crippen LogP contribution in [-0.4, -0.2) is 78.4 Å². The maximum absolute atomic E-state index is 12.8. The van der Waals surface area contributed by atoms with Crippen molar-refractivity contribution < 1.29 is 24.2 Å². The average molecular weight is 535 g/mol. The lowest BCUT2D eigenvalue weighted by Crippen LogP contribution is -2.34. The zero-order valence-corrected chi connectivity index (χ0v) is 22.5. The van der Waals surface area contributed by atoms with Gasteiger partial charge in [0.25, 0.3) is 0 Å². The van der Waals surface area contributed by atoms with Crippen LogP contribution in [0.5, 0.6) is 0 Å². The number of para-hydroxylation sites is 1. The molecule has 2 amide bonds. The van der Waals surface area contributed by atoms with Gasteiger partial charge in [0, 0.05) is 63.3 Å². The SMILES string of the molecule is CN(CCCCC(=O)O)C(=O)CCN1CC2C[C@H](OC(=O)Nc3ccccc3-c3ccccc3)CC2(C=N)C1. The highest BCUT2D eigenvalue weighted by atomic mass is 16.6. The van der Waals surface area contributed by atoms with E-state index in [0.717, 1.165) is 17.7 Å². The topological polar surface area (TPSA) is 123 Å². The zero-order valence-electron chi connectivity index (χ0n) is 22.5. The Kier molecular flexibility index (Phi) is 9.35. The summed E-state index contributed by atoms with van der Waals surface area (Å²) >= 11 is 0. The van der Waals surface area contributed by atoms with Gasteiger partial charge in [0.15, 0.2) is 0 Å². The molecule has 1 aliphatic heterocycles. The van der Waals surface area contributed by atoms with Gasteiger partial charge in [-0.05, 0) is 43.2 Å². The van der Waals surface area contributed by atoms with Crippen LogP contribution in [0.1, 0.15) is 38.5 Å². The number of nitrogens with one attached hydrogen (secondary N) is 2. The van der Waals surface area contributed by atoms with E-state index in [-0.39, 0.29) is 29.8 Å². The number of amides is 2. The summed E-state index contributed by atoms with van der Waals surface area (Å²) in [6.45, 7) is 2.61. The molecule has 3 N–H and O–H groups in total. The largest absolute Gasteiger partial charge is 0.481 e. The first kappa shape index (κ1) is 28.3. The summed E-state index contributed by atoms with van der Waals surface area (Å²) in [6, 6.07) is 17.5. The predicted octanol–water partition coefficient (Wildman–Crippen LogP) is 4.74. The molecule has 1 heterocycles. The van der Waals surface area contributed by atoms with Crippen molar-refractivity contribution in [3.8, 4) is 11.1 Å². The van der Waals surface area contributed by atoms with Crippen LogP contribution in [0.15, 0.2) is 54.6 Å². The number of likely N-dealkylation sites (tertiary alicyclic amines) is 1. The van der Waals surface area contributed by atoms with Gasteiger partial charge in [0.2, 0.25) is 5.91 Å². The molecule has 2 unspecified atom stereocenters. The van der Waals surface area contributed by atoms with Crippen LogP contribution in [0.4, 0.5) is 10.5 Å². The van der Waals surface area contributed by atoms with Gasteiger partial charge in [-0.25, -0.2) is 4.79 Å². The molecular formula is C30H38N4O5. The molecular weight excluding hydrogens is 496 g/mol. The number of nitrogens with zero attached hydrogens (tertiary/aromatic N) is 2.